The van der Waals surface area contributed by atoms with Crippen LogP contribution in [-0.2, 0) is 4.79 Å². The third kappa shape index (κ3) is 2.67. The van der Waals surface area contributed by atoms with Crippen molar-refractivity contribution in [2.45, 2.75) is 13.0 Å². The van der Waals surface area contributed by atoms with Gasteiger partial charge < -0.3 is 10.0 Å². The molecule has 1 aliphatic heterocycles. The van der Waals surface area contributed by atoms with Crippen molar-refractivity contribution in [1.29, 1.82) is 0 Å². The average molecular weight is 313 g/mol. The first-order chi connectivity index (χ1) is 8.49. The molecule has 2 rings (SSSR count). The molecule has 1 atom stereocenters. The summed E-state index contributed by atoms with van der Waals surface area (Å²) in [6.45, 7) is 4.17. The van der Waals surface area contributed by atoms with E-state index in [4.69, 9.17) is 0 Å². The summed E-state index contributed by atoms with van der Waals surface area (Å²) < 4.78 is 1.02. The number of carbonyl (C=O) groups is 1. The first-order valence-electron chi connectivity index (χ1n) is 5.93. The van der Waals surface area contributed by atoms with E-state index in [0.29, 0.717) is 6.54 Å². The number of anilines is 1. The monoisotopic (exact) mass is 312 g/mol. The van der Waals surface area contributed by atoms with Crippen LogP contribution < -0.4 is 4.90 Å². The molecule has 0 bridgehead atoms. The summed E-state index contributed by atoms with van der Waals surface area (Å²) in [4.78, 5) is 15.2. The average Bonchev–Trinajstić information content (AvgIpc) is 2.30. The van der Waals surface area contributed by atoms with Gasteiger partial charge in [-0.1, -0.05) is 6.07 Å². The summed E-state index contributed by atoms with van der Waals surface area (Å²) in [7, 11) is 1.86. The lowest BCUT2D eigenvalue weighted by Crippen LogP contribution is -2.55. The summed E-state index contributed by atoms with van der Waals surface area (Å²) in [6, 6.07) is 5.72. The van der Waals surface area contributed by atoms with Crippen LogP contribution in [0.25, 0.3) is 0 Å². The van der Waals surface area contributed by atoms with Crippen molar-refractivity contribution >= 4 is 27.6 Å². The maximum Gasteiger partial charge on any atom is 0.322 e. The molecule has 0 spiro atoms. The molecule has 0 aromatic heterocycles. The molecule has 5 heteroatoms. The fraction of sp³-hybridized carbons (Fsp3) is 0.462. The topological polar surface area (TPSA) is 43.8 Å². The predicted molar refractivity (Wildman–Crippen MR) is 75.1 cm³/mol. The van der Waals surface area contributed by atoms with Crippen molar-refractivity contribution in [2.75, 3.05) is 31.6 Å². The molecule has 1 aromatic rings. The number of carboxylic acids is 1. The normalized spacial score (nSPS) is 21.1. The van der Waals surface area contributed by atoms with E-state index in [2.05, 4.69) is 26.9 Å². The first kappa shape index (κ1) is 13.4. The zero-order valence-corrected chi connectivity index (χ0v) is 12.1. The van der Waals surface area contributed by atoms with Gasteiger partial charge in [-0.05, 0) is 47.6 Å². The maximum atomic E-state index is 11.2. The minimum Gasteiger partial charge on any atom is -0.480 e. The lowest BCUT2D eigenvalue weighted by Gasteiger charge is -2.38. The van der Waals surface area contributed by atoms with Gasteiger partial charge in [0.15, 0.2) is 0 Å². The molecule has 0 radical (unpaired) electrons. The van der Waals surface area contributed by atoms with E-state index in [9.17, 15) is 9.90 Å². The Kier molecular flexibility index (Phi) is 3.92. The molecule has 1 aliphatic rings. The van der Waals surface area contributed by atoms with Gasteiger partial charge in [0, 0.05) is 24.1 Å². The van der Waals surface area contributed by atoms with Crippen molar-refractivity contribution in [3.05, 3.63) is 28.2 Å². The molecule has 4 nitrogen and oxygen atoms in total. The Balaban J connectivity index is 2.21. The summed E-state index contributed by atoms with van der Waals surface area (Å²) in [5, 5.41) is 9.21. The molecule has 1 saturated heterocycles. The Morgan fingerprint density at radius 3 is 2.78 bits per heavy atom. The summed E-state index contributed by atoms with van der Waals surface area (Å²) in [6.07, 6.45) is 0. The van der Waals surface area contributed by atoms with Crippen LogP contribution in [0, 0.1) is 6.92 Å². The summed E-state index contributed by atoms with van der Waals surface area (Å²) in [5.41, 5.74) is 2.26. The van der Waals surface area contributed by atoms with E-state index in [1.54, 1.807) is 0 Å². The highest BCUT2D eigenvalue weighted by Crippen LogP contribution is 2.28. The second kappa shape index (κ2) is 5.28. The van der Waals surface area contributed by atoms with Crippen LogP contribution in [0.5, 0.6) is 0 Å². The van der Waals surface area contributed by atoms with Gasteiger partial charge in [-0.15, -0.1) is 0 Å². The molecule has 1 aromatic carbocycles. The van der Waals surface area contributed by atoms with E-state index in [1.165, 1.54) is 5.56 Å². The van der Waals surface area contributed by atoms with E-state index < -0.39 is 12.0 Å². The van der Waals surface area contributed by atoms with Crippen molar-refractivity contribution in [2.24, 2.45) is 0 Å². The highest BCUT2D eigenvalue weighted by atomic mass is 79.9. The van der Waals surface area contributed by atoms with E-state index in [0.717, 1.165) is 23.2 Å². The number of hydrogen-bond acceptors (Lipinski definition) is 3. The van der Waals surface area contributed by atoms with E-state index in [1.807, 2.05) is 31.0 Å². The summed E-state index contributed by atoms with van der Waals surface area (Å²) >= 11 is 3.55. The number of hydrogen-bond donors (Lipinski definition) is 1. The Bertz CT molecular complexity index is 464. The predicted octanol–water partition coefficient (Wildman–Crippen LogP) is 1.96. The third-order valence-corrected chi connectivity index (χ3v) is 4.01. The molecule has 0 aliphatic carbocycles. The molecule has 98 valence electrons. The third-order valence-electron chi connectivity index (χ3n) is 3.38. The SMILES string of the molecule is Cc1ccc(N2CCN(C)C(C(=O)O)C2)c(Br)c1. The second-order valence-electron chi connectivity index (χ2n) is 4.74. The van der Waals surface area contributed by atoms with E-state index >= 15 is 0 Å². The fourth-order valence-corrected chi connectivity index (χ4v) is 2.97. The molecule has 1 fully saturated rings. The number of carboxylic acid groups (broad SMARTS) is 1. The number of likely N-dealkylation sites (N-methyl/N-ethyl adjacent to an activating group) is 1. The highest BCUT2D eigenvalue weighted by Gasteiger charge is 2.30. The lowest BCUT2D eigenvalue weighted by molar-refractivity contribution is -0.142. The van der Waals surface area contributed by atoms with Gasteiger partial charge in [0.2, 0.25) is 0 Å². The number of aliphatic carboxylic acids is 1. The van der Waals surface area contributed by atoms with Crippen molar-refractivity contribution in [3.63, 3.8) is 0 Å². The number of benzene rings is 1. The van der Waals surface area contributed by atoms with Gasteiger partial charge in [-0.2, -0.15) is 0 Å². The smallest absolute Gasteiger partial charge is 0.322 e. The number of rotatable bonds is 2. The highest BCUT2D eigenvalue weighted by molar-refractivity contribution is 9.10. The number of halogens is 1. The quantitative estimate of drug-likeness (QED) is 0.906. The van der Waals surface area contributed by atoms with E-state index in [-0.39, 0.29) is 0 Å². The molecule has 1 unspecified atom stereocenters. The molecule has 0 amide bonds. The maximum absolute atomic E-state index is 11.2. The Morgan fingerprint density at radius 1 is 1.44 bits per heavy atom. The fourth-order valence-electron chi connectivity index (χ4n) is 2.23. The van der Waals surface area contributed by atoms with Crippen molar-refractivity contribution in [1.82, 2.24) is 4.90 Å². The van der Waals surface area contributed by atoms with Crippen molar-refractivity contribution < 1.29 is 9.90 Å². The van der Waals surface area contributed by atoms with Crippen LogP contribution in [0.4, 0.5) is 5.69 Å². The molecule has 0 saturated carbocycles. The van der Waals surface area contributed by atoms with Gasteiger partial charge in [0.05, 0.1) is 5.69 Å². The number of aryl methyl sites for hydroxylation is 1. The van der Waals surface area contributed by atoms with Crippen LogP contribution in [0.3, 0.4) is 0 Å². The second-order valence-corrected chi connectivity index (χ2v) is 5.59. The Hall–Kier alpha value is -1.07. The van der Waals surface area contributed by atoms with Crippen LogP contribution in [0.2, 0.25) is 0 Å². The largest absolute Gasteiger partial charge is 0.480 e. The molecular weight excluding hydrogens is 296 g/mol. The van der Waals surface area contributed by atoms with Crippen molar-refractivity contribution in [3.8, 4) is 0 Å². The number of piperazine rings is 1. The minimum atomic E-state index is -0.759. The molecular formula is C13H17BrN2O2. The van der Waals surface area contributed by atoms with Gasteiger partial charge in [0.25, 0.3) is 0 Å². The lowest BCUT2D eigenvalue weighted by atomic mass is 10.1. The Morgan fingerprint density at radius 2 is 2.17 bits per heavy atom. The molecule has 1 heterocycles. The van der Waals surface area contributed by atoms with Gasteiger partial charge in [-0.3, -0.25) is 9.69 Å². The van der Waals surface area contributed by atoms with Gasteiger partial charge in [-0.25, -0.2) is 0 Å². The zero-order valence-electron chi connectivity index (χ0n) is 10.6. The van der Waals surface area contributed by atoms with Crippen LogP contribution in [0.15, 0.2) is 22.7 Å². The van der Waals surface area contributed by atoms with Crippen LogP contribution in [-0.4, -0.2) is 48.7 Å². The zero-order chi connectivity index (χ0) is 13.3. The molecule has 1 N–H and O–H groups in total. The Labute approximate surface area is 115 Å². The minimum absolute atomic E-state index is 0.438. The van der Waals surface area contributed by atoms with Gasteiger partial charge >= 0.3 is 5.97 Å². The molecule has 18 heavy (non-hydrogen) atoms. The van der Waals surface area contributed by atoms with Crippen LogP contribution >= 0.6 is 15.9 Å². The first-order valence-corrected chi connectivity index (χ1v) is 6.72. The van der Waals surface area contributed by atoms with Crippen LogP contribution in [0.1, 0.15) is 5.56 Å². The number of nitrogens with zero attached hydrogens (tertiary/aromatic N) is 2. The standard InChI is InChI=1S/C13H17BrN2O2/c1-9-3-4-11(10(14)7-9)16-6-5-15(2)12(8-16)13(17)18/h3-4,7,12H,5-6,8H2,1-2H3,(H,17,18). The van der Waals surface area contributed by atoms with Gasteiger partial charge in [0.1, 0.15) is 6.04 Å². The summed E-state index contributed by atoms with van der Waals surface area (Å²) in [5.74, 6) is -0.759.